The number of ether oxygens (including phenoxy) is 3. The largest absolute Gasteiger partial charge is 0.493 e. The SMILES string of the molecule is COc1cc(C(=O)Nc2ccc(CCN3CCOCC3)cc2)ccc1OCc1cscn1. The maximum absolute atomic E-state index is 12.7. The van der Waals surface area contributed by atoms with Crippen LogP contribution in [-0.4, -0.2) is 55.7 Å². The fourth-order valence-corrected chi connectivity index (χ4v) is 4.00. The zero-order chi connectivity index (χ0) is 22.2. The van der Waals surface area contributed by atoms with E-state index in [-0.39, 0.29) is 5.91 Å². The molecule has 2 aromatic carbocycles. The highest BCUT2D eigenvalue weighted by Gasteiger charge is 2.13. The summed E-state index contributed by atoms with van der Waals surface area (Å²) >= 11 is 1.52. The number of rotatable bonds is 9. The number of carbonyl (C=O) groups excluding carboxylic acids is 1. The Hall–Kier alpha value is -2.94. The molecule has 1 aromatic heterocycles. The van der Waals surface area contributed by atoms with E-state index in [1.807, 2.05) is 17.5 Å². The van der Waals surface area contributed by atoms with E-state index < -0.39 is 0 Å². The molecular weight excluding hydrogens is 426 g/mol. The standard InChI is InChI=1S/C24H27N3O4S/c1-29-23-14-19(4-7-22(23)31-15-21-16-32-17-25-21)24(28)26-20-5-2-18(3-6-20)8-9-27-10-12-30-13-11-27/h2-7,14,16-17H,8-13,15H2,1H3,(H,26,28). The third kappa shape index (κ3) is 6.06. The fourth-order valence-electron chi connectivity index (χ4n) is 3.46. The van der Waals surface area contributed by atoms with E-state index in [1.54, 1.807) is 30.8 Å². The summed E-state index contributed by atoms with van der Waals surface area (Å²) in [6.45, 7) is 4.98. The molecule has 1 aliphatic rings. The summed E-state index contributed by atoms with van der Waals surface area (Å²) in [6, 6.07) is 13.2. The first-order chi connectivity index (χ1) is 15.7. The second-order valence-electron chi connectivity index (χ2n) is 7.49. The number of anilines is 1. The Labute approximate surface area is 191 Å². The number of carbonyl (C=O) groups is 1. The maximum Gasteiger partial charge on any atom is 0.255 e. The van der Waals surface area contributed by atoms with Crippen LogP contribution in [0.25, 0.3) is 0 Å². The lowest BCUT2D eigenvalue weighted by Gasteiger charge is -2.26. The minimum atomic E-state index is -0.199. The van der Waals surface area contributed by atoms with Gasteiger partial charge in [-0.1, -0.05) is 12.1 Å². The van der Waals surface area contributed by atoms with E-state index in [4.69, 9.17) is 14.2 Å². The lowest BCUT2D eigenvalue weighted by molar-refractivity contribution is 0.0384. The molecule has 8 heteroatoms. The number of nitrogens with zero attached hydrogens (tertiary/aromatic N) is 2. The third-order valence-electron chi connectivity index (χ3n) is 5.32. The molecule has 0 radical (unpaired) electrons. The van der Waals surface area contributed by atoms with Gasteiger partial charge < -0.3 is 19.5 Å². The number of benzene rings is 2. The first-order valence-corrected chi connectivity index (χ1v) is 11.5. The molecule has 0 bridgehead atoms. The molecule has 1 N–H and O–H groups in total. The van der Waals surface area contributed by atoms with Crippen molar-refractivity contribution in [2.45, 2.75) is 13.0 Å². The Morgan fingerprint density at radius 2 is 1.97 bits per heavy atom. The van der Waals surface area contributed by atoms with Gasteiger partial charge in [-0.25, -0.2) is 4.98 Å². The van der Waals surface area contributed by atoms with Crippen LogP contribution in [0, 0.1) is 0 Å². The van der Waals surface area contributed by atoms with Gasteiger partial charge in [0.2, 0.25) is 0 Å². The summed E-state index contributed by atoms with van der Waals surface area (Å²) in [6.07, 6.45) is 0.980. The Morgan fingerprint density at radius 3 is 2.69 bits per heavy atom. The van der Waals surface area contributed by atoms with Crippen LogP contribution in [0.1, 0.15) is 21.6 Å². The van der Waals surface area contributed by atoms with Crippen molar-refractivity contribution < 1.29 is 19.0 Å². The van der Waals surface area contributed by atoms with Crippen LogP contribution in [-0.2, 0) is 17.8 Å². The van der Waals surface area contributed by atoms with E-state index in [9.17, 15) is 4.79 Å². The van der Waals surface area contributed by atoms with E-state index in [0.717, 1.165) is 50.7 Å². The highest BCUT2D eigenvalue weighted by Crippen LogP contribution is 2.29. The predicted octanol–water partition coefficient (Wildman–Crippen LogP) is 3.86. The lowest BCUT2D eigenvalue weighted by Crippen LogP contribution is -2.37. The van der Waals surface area contributed by atoms with E-state index in [1.165, 1.54) is 16.9 Å². The smallest absolute Gasteiger partial charge is 0.255 e. The van der Waals surface area contributed by atoms with Gasteiger partial charge in [0.1, 0.15) is 6.61 Å². The van der Waals surface area contributed by atoms with Crippen LogP contribution in [0.5, 0.6) is 11.5 Å². The molecule has 1 fully saturated rings. The normalized spacial score (nSPS) is 14.2. The maximum atomic E-state index is 12.7. The highest BCUT2D eigenvalue weighted by molar-refractivity contribution is 7.07. The molecule has 3 aromatic rings. The topological polar surface area (TPSA) is 72.9 Å². The zero-order valence-corrected chi connectivity index (χ0v) is 18.9. The number of amides is 1. The molecule has 7 nitrogen and oxygen atoms in total. The van der Waals surface area contributed by atoms with Gasteiger partial charge in [0.25, 0.3) is 5.91 Å². The van der Waals surface area contributed by atoms with Crippen LogP contribution in [0.3, 0.4) is 0 Å². The lowest BCUT2D eigenvalue weighted by atomic mass is 10.1. The minimum Gasteiger partial charge on any atom is -0.493 e. The second-order valence-corrected chi connectivity index (χ2v) is 8.21. The van der Waals surface area contributed by atoms with Crippen LogP contribution >= 0.6 is 11.3 Å². The molecule has 1 amide bonds. The molecule has 0 saturated carbocycles. The molecule has 32 heavy (non-hydrogen) atoms. The molecule has 168 valence electrons. The summed E-state index contributed by atoms with van der Waals surface area (Å²) in [5.74, 6) is 0.878. The fraction of sp³-hybridized carbons (Fsp3) is 0.333. The Bertz CT molecular complexity index is 1000. The van der Waals surface area contributed by atoms with E-state index in [2.05, 4.69) is 27.3 Å². The molecule has 4 rings (SSSR count). The van der Waals surface area contributed by atoms with Crippen LogP contribution in [0.4, 0.5) is 5.69 Å². The average Bonchev–Trinajstić information content (AvgIpc) is 3.36. The number of morpholine rings is 1. The molecule has 0 spiro atoms. The van der Waals surface area contributed by atoms with E-state index >= 15 is 0 Å². The molecule has 1 aliphatic heterocycles. The molecule has 0 atom stereocenters. The van der Waals surface area contributed by atoms with Gasteiger partial charge in [-0.3, -0.25) is 9.69 Å². The van der Waals surface area contributed by atoms with Crippen molar-refractivity contribution in [3.8, 4) is 11.5 Å². The van der Waals surface area contributed by atoms with Gasteiger partial charge in [0.05, 0.1) is 31.5 Å². The quantitative estimate of drug-likeness (QED) is 0.531. The monoisotopic (exact) mass is 453 g/mol. The third-order valence-corrected chi connectivity index (χ3v) is 5.95. The number of hydrogen-bond donors (Lipinski definition) is 1. The number of thiazole rings is 1. The zero-order valence-electron chi connectivity index (χ0n) is 18.1. The summed E-state index contributed by atoms with van der Waals surface area (Å²) in [5, 5.41) is 4.88. The first kappa shape index (κ1) is 22.3. The summed E-state index contributed by atoms with van der Waals surface area (Å²) < 4.78 is 16.6. The number of nitrogens with one attached hydrogen (secondary N) is 1. The van der Waals surface area contributed by atoms with Crippen molar-refractivity contribution in [2.75, 3.05) is 45.3 Å². The van der Waals surface area contributed by atoms with Gasteiger partial charge >= 0.3 is 0 Å². The number of hydrogen-bond acceptors (Lipinski definition) is 7. The van der Waals surface area contributed by atoms with Crippen LogP contribution in [0.15, 0.2) is 53.4 Å². The van der Waals surface area contributed by atoms with Gasteiger partial charge in [-0.05, 0) is 42.3 Å². The average molecular weight is 454 g/mol. The van der Waals surface area contributed by atoms with Gasteiger partial charge in [0, 0.05) is 36.3 Å². The van der Waals surface area contributed by atoms with Crippen molar-refractivity contribution in [1.29, 1.82) is 0 Å². The van der Waals surface area contributed by atoms with Crippen LogP contribution in [0.2, 0.25) is 0 Å². The minimum absolute atomic E-state index is 0.199. The van der Waals surface area contributed by atoms with Crippen molar-refractivity contribution in [1.82, 2.24) is 9.88 Å². The van der Waals surface area contributed by atoms with Gasteiger partial charge in [-0.15, -0.1) is 11.3 Å². The first-order valence-electron chi connectivity index (χ1n) is 10.6. The predicted molar refractivity (Wildman–Crippen MR) is 125 cm³/mol. The van der Waals surface area contributed by atoms with Crippen molar-refractivity contribution in [3.63, 3.8) is 0 Å². The Morgan fingerprint density at radius 1 is 1.16 bits per heavy atom. The Kier molecular flexibility index (Phi) is 7.71. The Balaban J connectivity index is 1.32. The number of methoxy groups -OCH3 is 1. The van der Waals surface area contributed by atoms with Gasteiger partial charge in [0.15, 0.2) is 11.5 Å². The van der Waals surface area contributed by atoms with E-state index in [0.29, 0.717) is 23.7 Å². The molecule has 2 heterocycles. The molecule has 0 aliphatic carbocycles. The van der Waals surface area contributed by atoms with Crippen molar-refractivity contribution in [2.24, 2.45) is 0 Å². The summed E-state index contributed by atoms with van der Waals surface area (Å²) in [5.41, 5.74) is 5.12. The van der Waals surface area contributed by atoms with Crippen molar-refractivity contribution in [3.05, 3.63) is 70.2 Å². The highest BCUT2D eigenvalue weighted by atomic mass is 32.1. The molecular formula is C24H27N3O4S. The second kappa shape index (κ2) is 11.1. The molecule has 1 saturated heterocycles. The number of aromatic nitrogens is 1. The van der Waals surface area contributed by atoms with Crippen molar-refractivity contribution >= 4 is 22.9 Å². The van der Waals surface area contributed by atoms with Gasteiger partial charge in [-0.2, -0.15) is 0 Å². The van der Waals surface area contributed by atoms with Crippen LogP contribution < -0.4 is 14.8 Å². The molecule has 0 unspecified atom stereocenters. The summed E-state index contributed by atoms with van der Waals surface area (Å²) in [7, 11) is 1.56. The summed E-state index contributed by atoms with van der Waals surface area (Å²) in [4.78, 5) is 19.3.